The van der Waals surface area contributed by atoms with E-state index < -0.39 is 53.2 Å². The molecule has 1 aromatic heterocycles. The second kappa shape index (κ2) is 8.54. The van der Waals surface area contributed by atoms with E-state index in [1.165, 1.54) is 19.2 Å². The summed E-state index contributed by atoms with van der Waals surface area (Å²) in [6.07, 6.45) is -4.46. The van der Waals surface area contributed by atoms with Crippen LogP contribution in [0.1, 0.15) is 41.4 Å². The van der Waals surface area contributed by atoms with E-state index in [2.05, 4.69) is 16.9 Å². The van der Waals surface area contributed by atoms with Crippen molar-refractivity contribution in [3.05, 3.63) is 65.5 Å². The standard InChI is InChI=1S/C22H20F5N3O3/c1-4-12-13(5-6-14(23)17(12)24)16-10(2)21(3,22(25,26)27)33-18(16)20(32)30-11-7-8-29-15(9-11)19(28)31/h4-10,16,18H,1H2,2-3H3,(H2,28,31)(H,29,30,32)/t10-,16-,18-,21-/m0/s1. The van der Waals surface area contributed by atoms with Crippen molar-refractivity contribution in [2.24, 2.45) is 11.7 Å². The largest absolute Gasteiger partial charge is 0.417 e. The van der Waals surface area contributed by atoms with Crippen LogP contribution in [0.2, 0.25) is 0 Å². The Bertz CT molecular complexity index is 1120. The molecule has 2 amide bonds. The number of aromatic nitrogens is 1. The van der Waals surface area contributed by atoms with E-state index in [1.807, 2.05) is 0 Å². The monoisotopic (exact) mass is 469 g/mol. The molecule has 0 saturated carbocycles. The lowest BCUT2D eigenvalue weighted by Crippen LogP contribution is -2.47. The number of alkyl halides is 3. The Morgan fingerprint density at radius 1 is 1.27 bits per heavy atom. The zero-order chi connectivity index (χ0) is 24.7. The van der Waals surface area contributed by atoms with E-state index >= 15 is 0 Å². The van der Waals surface area contributed by atoms with E-state index in [0.29, 0.717) is 0 Å². The Labute approximate surface area is 185 Å². The van der Waals surface area contributed by atoms with E-state index in [-0.39, 0.29) is 22.5 Å². The van der Waals surface area contributed by atoms with Crippen LogP contribution in [0.3, 0.4) is 0 Å². The Morgan fingerprint density at radius 3 is 2.52 bits per heavy atom. The van der Waals surface area contributed by atoms with Gasteiger partial charge in [0.2, 0.25) is 0 Å². The molecule has 4 atom stereocenters. The van der Waals surface area contributed by atoms with Gasteiger partial charge in [-0.15, -0.1) is 0 Å². The summed E-state index contributed by atoms with van der Waals surface area (Å²) in [6, 6.07) is 4.32. The molecular formula is C22H20F5N3O3. The molecule has 3 N–H and O–H groups in total. The molecule has 6 nitrogen and oxygen atoms in total. The molecule has 1 fully saturated rings. The number of anilines is 1. The number of carbonyl (C=O) groups excluding carboxylic acids is 2. The van der Waals surface area contributed by atoms with Gasteiger partial charge >= 0.3 is 6.18 Å². The fraction of sp³-hybridized carbons (Fsp3) is 0.318. The zero-order valence-corrected chi connectivity index (χ0v) is 17.5. The van der Waals surface area contributed by atoms with Gasteiger partial charge in [-0.25, -0.2) is 8.78 Å². The van der Waals surface area contributed by atoms with Gasteiger partial charge in [0.05, 0.1) is 0 Å². The molecule has 0 radical (unpaired) electrons. The minimum Gasteiger partial charge on any atom is -0.364 e. The molecule has 1 saturated heterocycles. The highest BCUT2D eigenvalue weighted by molar-refractivity contribution is 5.97. The summed E-state index contributed by atoms with van der Waals surface area (Å²) in [5, 5.41) is 2.38. The van der Waals surface area contributed by atoms with Gasteiger partial charge in [-0.3, -0.25) is 14.6 Å². The summed E-state index contributed by atoms with van der Waals surface area (Å²) in [6.45, 7) is 5.43. The van der Waals surface area contributed by atoms with Crippen molar-refractivity contribution in [1.82, 2.24) is 4.98 Å². The fourth-order valence-electron chi connectivity index (χ4n) is 3.96. The molecule has 11 heteroatoms. The van der Waals surface area contributed by atoms with E-state index in [4.69, 9.17) is 10.5 Å². The SMILES string of the molecule is C=Cc1c([C@H]2[C@@H](C(=O)Nc3ccnc(C(N)=O)c3)O[C@](C)(C(F)(F)F)[C@H]2C)ccc(F)c1F. The maximum Gasteiger partial charge on any atom is 0.417 e. The number of pyridine rings is 1. The number of nitrogens with zero attached hydrogens (tertiary/aromatic N) is 1. The lowest BCUT2D eigenvalue weighted by molar-refractivity contribution is -0.272. The second-order valence-electron chi connectivity index (χ2n) is 7.81. The molecule has 0 spiro atoms. The molecule has 0 aliphatic carbocycles. The lowest BCUT2D eigenvalue weighted by atomic mass is 9.75. The predicted molar refractivity (Wildman–Crippen MR) is 109 cm³/mol. The zero-order valence-electron chi connectivity index (χ0n) is 17.5. The van der Waals surface area contributed by atoms with Crippen LogP contribution < -0.4 is 11.1 Å². The average Bonchev–Trinajstić information content (AvgIpc) is 3.02. The molecule has 176 valence electrons. The normalized spacial score (nSPS) is 25.0. The molecule has 0 bridgehead atoms. The smallest absolute Gasteiger partial charge is 0.364 e. The molecule has 1 aliphatic heterocycles. The molecule has 1 aromatic carbocycles. The van der Waals surface area contributed by atoms with Gasteiger partial charge in [0, 0.05) is 29.3 Å². The number of benzene rings is 1. The summed E-state index contributed by atoms with van der Waals surface area (Å²) < 4.78 is 75.3. The van der Waals surface area contributed by atoms with Gasteiger partial charge in [-0.05, 0) is 30.7 Å². The number of carbonyl (C=O) groups is 2. The van der Waals surface area contributed by atoms with Gasteiger partial charge in [0.15, 0.2) is 17.2 Å². The first-order valence-electron chi connectivity index (χ1n) is 9.73. The van der Waals surface area contributed by atoms with Gasteiger partial charge in [0.25, 0.3) is 11.8 Å². The second-order valence-corrected chi connectivity index (χ2v) is 7.81. The number of rotatable bonds is 5. The summed E-state index contributed by atoms with van der Waals surface area (Å²) in [5.74, 6) is -7.05. The number of nitrogens with two attached hydrogens (primary N) is 1. The summed E-state index contributed by atoms with van der Waals surface area (Å²) >= 11 is 0. The van der Waals surface area contributed by atoms with Crippen LogP contribution in [0.15, 0.2) is 37.0 Å². The van der Waals surface area contributed by atoms with Crippen molar-refractivity contribution in [2.45, 2.75) is 37.6 Å². The van der Waals surface area contributed by atoms with Crippen LogP contribution in [-0.4, -0.2) is 34.7 Å². The maximum absolute atomic E-state index is 14.4. The first-order chi connectivity index (χ1) is 15.3. The highest BCUT2D eigenvalue weighted by Gasteiger charge is 2.65. The number of hydrogen-bond acceptors (Lipinski definition) is 4. The predicted octanol–water partition coefficient (Wildman–Crippen LogP) is 4.18. The van der Waals surface area contributed by atoms with E-state index in [9.17, 15) is 31.5 Å². The van der Waals surface area contributed by atoms with Gasteiger partial charge in [0.1, 0.15) is 11.8 Å². The van der Waals surface area contributed by atoms with Gasteiger partial charge in [-0.1, -0.05) is 25.6 Å². The molecule has 33 heavy (non-hydrogen) atoms. The molecule has 3 rings (SSSR count). The number of nitrogens with one attached hydrogen (secondary N) is 1. The Balaban J connectivity index is 2.08. The van der Waals surface area contributed by atoms with Crippen molar-refractivity contribution in [2.75, 3.05) is 5.32 Å². The van der Waals surface area contributed by atoms with Crippen LogP contribution in [0, 0.1) is 17.6 Å². The van der Waals surface area contributed by atoms with Crippen LogP contribution in [0.25, 0.3) is 6.08 Å². The minimum atomic E-state index is -4.87. The third-order valence-electron chi connectivity index (χ3n) is 5.94. The van der Waals surface area contributed by atoms with Crippen molar-refractivity contribution < 1.29 is 36.3 Å². The third-order valence-corrected chi connectivity index (χ3v) is 5.94. The maximum atomic E-state index is 14.4. The molecule has 2 heterocycles. The first kappa shape index (κ1) is 24.3. The number of primary amides is 1. The number of hydrogen-bond donors (Lipinski definition) is 2. The van der Waals surface area contributed by atoms with Crippen LogP contribution in [0.5, 0.6) is 0 Å². The fourth-order valence-corrected chi connectivity index (χ4v) is 3.96. The van der Waals surface area contributed by atoms with Crippen LogP contribution in [-0.2, 0) is 9.53 Å². The average molecular weight is 469 g/mol. The molecule has 1 aliphatic rings. The highest BCUT2D eigenvalue weighted by Crippen LogP contribution is 2.54. The number of amides is 2. The van der Waals surface area contributed by atoms with Crippen molar-refractivity contribution in [3.8, 4) is 0 Å². The molecule has 0 unspecified atom stereocenters. The van der Waals surface area contributed by atoms with Crippen LogP contribution >= 0.6 is 0 Å². The minimum absolute atomic E-state index is 0.0358. The summed E-state index contributed by atoms with van der Waals surface area (Å²) in [4.78, 5) is 28.1. The lowest BCUT2D eigenvalue weighted by Gasteiger charge is -2.32. The highest BCUT2D eigenvalue weighted by atomic mass is 19.4. The molecular weight excluding hydrogens is 449 g/mol. The van der Waals surface area contributed by atoms with E-state index in [1.54, 1.807) is 0 Å². The summed E-state index contributed by atoms with van der Waals surface area (Å²) in [7, 11) is 0. The Hall–Kier alpha value is -3.34. The Morgan fingerprint density at radius 2 is 1.94 bits per heavy atom. The number of halogens is 5. The van der Waals surface area contributed by atoms with Crippen LogP contribution in [0.4, 0.5) is 27.6 Å². The van der Waals surface area contributed by atoms with E-state index in [0.717, 1.165) is 31.2 Å². The quantitative estimate of drug-likeness (QED) is 0.643. The third kappa shape index (κ3) is 4.20. The van der Waals surface area contributed by atoms with Crippen molar-refractivity contribution >= 4 is 23.6 Å². The number of ether oxygens (including phenoxy) is 1. The Kier molecular flexibility index (Phi) is 6.29. The van der Waals surface area contributed by atoms with Crippen molar-refractivity contribution in [3.63, 3.8) is 0 Å². The summed E-state index contributed by atoms with van der Waals surface area (Å²) in [5.41, 5.74) is 1.83. The first-order valence-corrected chi connectivity index (χ1v) is 9.73. The molecule has 2 aromatic rings. The van der Waals surface area contributed by atoms with Crippen molar-refractivity contribution in [1.29, 1.82) is 0 Å². The van der Waals surface area contributed by atoms with Gasteiger partial charge < -0.3 is 15.8 Å². The van der Waals surface area contributed by atoms with Gasteiger partial charge in [-0.2, -0.15) is 13.2 Å². The topological polar surface area (TPSA) is 94.3 Å².